The highest BCUT2D eigenvalue weighted by Gasteiger charge is 2.39. The van der Waals surface area contributed by atoms with Gasteiger partial charge in [-0.2, -0.15) is 0 Å². The van der Waals surface area contributed by atoms with E-state index in [2.05, 4.69) is 13.8 Å². The second-order valence-corrected chi connectivity index (χ2v) is 7.32. The van der Waals surface area contributed by atoms with E-state index in [1.807, 2.05) is 18.2 Å². The maximum atomic E-state index is 12.6. The van der Waals surface area contributed by atoms with Crippen molar-refractivity contribution in [3.63, 3.8) is 0 Å². The standard InChI is InChI=1S/C14H21O3P/c1-3-4-10-14(2)11-16-18(15,17-12-14)13-8-6-5-7-9-13/h5-9H,3-4,10-12H2,1-2H3. The van der Waals surface area contributed by atoms with Crippen LogP contribution >= 0.6 is 7.60 Å². The molecule has 1 aliphatic heterocycles. The van der Waals surface area contributed by atoms with Crippen LogP contribution in [-0.4, -0.2) is 13.2 Å². The Bertz CT molecular complexity index is 418. The van der Waals surface area contributed by atoms with E-state index in [4.69, 9.17) is 9.05 Å². The van der Waals surface area contributed by atoms with Crippen molar-refractivity contribution < 1.29 is 13.6 Å². The molecule has 1 saturated heterocycles. The lowest BCUT2D eigenvalue weighted by Gasteiger charge is -2.36. The van der Waals surface area contributed by atoms with E-state index in [9.17, 15) is 4.57 Å². The first-order chi connectivity index (χ1) is 8.58. The summed E-state index contributed by atoms with van der Waals surface area (Å²) in [4.78, 5) is 0. The molecule has 1 aromatic rings. The molecule has 0 saturated carbocycles. The van der Waals surface area contributed by atoms with Crippen molar-refractivity contribution in [3.8, 4) is 0 Å². The van der Waals surface area contributed by atoms with Crippen LogP contribution in [0.25, 0.3) is 0 Å². The lowest BCUT2D eigenvalue weighted by atomic mass is 9.87. The molecule has 0 amide bonds. The van der Waals surface area contributed by atoms with Gasteiger partial charge in [-0.1, -0.05) is 44.9 Å². The third-order valence-corrected chi connectivity index (χ3v) is 5.24. The summed E-state index contributed by atoms with van der Waals surface area (Å²) in [5.41, 5.74) is -0.00129. The molecule has 0 N–H and O–H groups in total. The molecule has 2 rings (SSSR count). The molecule has 1 heterocycles. The molecule has 0 spiro atoms. The van der Waals surface area contributed by atoms with Crippen molar-refractivity contribution in [2.75, 3.05) is 13.2 Å². The van der Waals surface area contributed by atoms with Crippen LogP contribution in [0, 0.1) is 5.41 Å². The zero-order valence-electron chi connectivity index (χ0n) is 11.1. The number of benzene rings is 1. The Labute approximate surface area is 109 Å². The highest BCUT2D eigenvalue weighted by molar-refractivity contribution is 7.62. The number of hydrogen-bond donors (Lipinski definition) is 0. The van der Waals surface area contributed by atoms with Crippen molar-refractivity contribution >= 4 is 12.9 Å². The molecule has 100 valence electrons. The first-order valence-corrected chi connectivity index (χ1v) is 8.07. The average Bonchev–Trinajstić information content (AvgIpc) is 2.42. The van der Waals surface area contributed by atoms with Crippen molar-refractivity contribution in [2.45, 2.75) is 33.1 Å². The maximum absolute atomic E-state index is 12.6. The summed E-state index contributed by atoms with van der Waals surface area (Å²) in [7, 11) is -3.08. The van der Waals surface area contributed by atoms with Crippen LogP contribution in [0.2, 0.25) is 0 Å². The topological polar surface area (TPSA) is 35.5 Å². The highest BCUT2D eigenvalue weighted by Crippen LogP contribution is 2.53. The molecule has 1 aromatic carbocycles. The molecule has 4 heteroatoms. The fourth-order valence-electron chi connectivity index (χ4n) is 2.07. The van der Waals surface area contributed by atoms with Gasteiger partial charge in [-0.15, -0.1) is 0 Å². The third-order valence-electron chi connectivity index (χ3n) is 3.37. The molecular formula is C14H21O3P. The maximum Gasteiger partial charge on any atom is 0.361 e. The van der Waals surface area contributed by atoms with Crippen LogP contribution in [0.5, 0.6) is 0 Å². The van der Waals surface area contributed by atoms with Gasteiger partial charge in [0.25, 0.3) is 0 Å². The number of rotatable bonds is 4. The predicted molar refractivity (Wildman–Crippen MR) is 73.2 cm³/mol. The fourth-order valence-corrected chi connectivity index (χ4v) is 3.94. The molecule has 3 nitrogen and oxygen atoms in total. The van der Waals surface area contributed by atoms with Crippen molar-refractivity contribution in [2.24, 2.45) is 5.41 Å². The summed E-state index contributed by atoms with van der Waals surface area (Å²) in [5, 5.41) is 0.655. The van der Waals surface area contributed by atoms with Gasteiger partial charge >= 0.3 is 7.60 Å². The van der Waals surface area contributed by atoms with Gasteiger partial charge in [0, 0.05) is 5.41 Å². The van der Waals surface area contributed by atoms with Gasteiger partial charge in [0.1, 0.15) is 0 Å². The Morgan fingerprint density at radius 1 is 1.22 bits per heavy atom. The zero-order chi connectivity index (χ0) is 13.1. The number of hydrogen-bond acceptors (Lipinski definition) is 3. The Morgan fingerprint density at radius 3 is 2.39 bits per heavy atom. The second kappa shape index (κ2) is 5.56. The average molecular weight is 268 g/mol. The van der Waals surface area contributed by atoms with Crippen molar-refractivity contribution in [3.05, 3.63) is 30.3 Å². The Kier molecular flexibility index (Phi) is 4.26. The zero-order valence-corrected chi connectivity index (χ0v) is 12.0. The van der Waals surface area contributed by atoms with Crippen LogP contribution < -0.4 is 5.30 Å². The smallest absolute Gasteiger partial charge is 0.305 e. The normalized spacial score (nSPS) is 32.3. The van der Waals surface area contributed by atoms with Gasteiger partial charge in [-0.3, -0.25) is 4.57 Å². The molecule has 0 bridgehead atoms. The summed E-state index contributed by atoms with van der Waals surface area (Å²) < 4.78 is 23.7. The molecule has 0 unspecified atom stereocenters. The van der Waals surface area contributed by atoms with Gasteiger partial charge in [0.2, 0.25) is 0 Å². The van der Waals surface area contributed by atoms with E-state index in [0.29, 0.717) is 18.5 Å². The summed E-state index contributed by atoms with van der Waals surface area (Å²) >= 11 is 0. The molecule has 0 aromatic heterocycles. The van der Waals surface area contributed by atoms with Crippen molar-refractivity contribution in [1.82, 2.24) is 0 Å². The molecule has 0 atom stereocenters. The van der Waals surface area contributed by atoms with Gasteiger partial charge in [0.15, 0.2) is 0 Å². The van der Waals surface area contributed by atoms with Crippen molar-refractivity contribution in [1.29, 1.82) is 0 Å². The quantitative estimate of drug-likeness (QED) is 0.780. The van der Waals surface area contributed by atoms with E-state index >= 15 is 0 Å². The summed E-state index contributed by atoms with van der Waals surface area (Å²) in [6, 6.07) is 9.20. The Morgan fingerprint density at radius 2 is 1.83 bits per heavy atom. The lowest BCUT2D eigenvalue weighted by molar-refractivity contribution is 0.0266. The van der Waals surface area contributed by atoms with Gasteiger partial charge in [-0.05, 0) is 18.6 Å². The molecule has 1 aliphatic rings. The van der Waals surface area contributed by atoms with Crippen LogP contribution in [0.3, 0.4) is 0 Å². The van der Waals surface area contributed by atoms with Crippen LogP contribution in [-0.2, 0) is 13.6 Å². The largest absolute Gasteiger partial charge is 0.361 e. The van der Waals surface area contributed by atoms with Gasteiger partial charge in [0.05, 0.1) is 18.5 Å². The van der Waals surface area contributed by atoms with Gasteiger partial charge in [-0.25, -0.2) is 0 Å². The first kappa shape index (κ1) is 13.8. The minimum atomic E-state index is -3.08. The summed E-state index contributed by atoms with van der Waals surface area (Å²) in [6.07, 6.45) is 3.36. The van der Waals surface area contributed by atoms with Crippen LogP contribution in [0.4, 0.5) is 0 Å². The van der Waals surface area contributed by atoms with E-state index in [0.717, 1.165) is 19.3 Å². The first-order valence-electron chi connectivity index (χ1n) is 6.53. The molecule has 1 fully saturated rings. The Balaban J connectivity index is 2.04. The molecule has 0 aliphatic carbocycles. The Hall–Kier alpha value is -0.630. The predicted octanol–water partition coefficient (Wildman–Crippen LogP) is 3.75. The van der Waals surface area contributed by atoms with E-state index in [1.165, 1.54) is 0 Å². The fraction of sp³-hybridized carbons (Fsp3) is 0.571. The second-order valence-electron chi connectivity index (χ2n) is 5.29. The van der Waals surface area contributed by atoms with Crippen LogP contribution in [0.1, 0.15) is 33.1 Å². The summed E-state index contributed by atoms with van der Waals surface area (Å²) in [5.74, 6) is 0. The highest BCUT2D eigenvalue weighted by atomic mass is 31.2. The third kappa shape index (κ3) is 3.03. The van der Waals surface area contributed by atoms with E-state index < -0.39 is 7.60 Å². The van der Waals surface area contributed by atoms with E-state index in [-0.39, 0.29) is 5.41 Å². The minimum absolute atomic E-state index is 0.00129. The lowest BCUT2D eigenvalue weighted by Crippen LogP contribution is -2.34. The molecule has 18 heavy (non-hydrogen) atoms. The SMILES string of the molecule is CCCCC1(C)COP(=O)(c2ccccc2)OC1. The summed E-state index contributed by atoms with van der Waals surface area (Å²) in [6.45, 7) is 5.33. The molecular weight excluding hydrogens is 247 g/mol. The minimum Gasteiger partial charge on any atom is -0.305 e. The van der Waals surface area contributed by atoms with Crippen LogP contribution in [0.15, 0.2) is 30.3 Å². The van der Waals surface area contributed by atoms with E-state index in [1.54, 1.807) is 12.1 Å². The number of unbranched alkanes of at least 4 members (excludes halogenated alkanes) is 1. The monoisotopic (exact) mass is 268 g/mol. The van der Waals surface area contributed by atoms with Gasteiger partial charge < -0.3 is 9.05 Å². The molecule has 0 radical (unpaired) electrons.